The number of hydrogen-bond acceptors (Lipinski definition) is 7. The van der Waals surface area contributed by atoms with Gasteiger partial charge in [-0.3, -0.25) is 4.98 Å². The number of anilines is 2. The zero-order valence-electron chi connectivity index (χ0n) is 10.5. The van der Waals surface area contributed by atoms with Crippen molar-refractivity contribution in [2.24, 2.45) is 0 Å². The first-order valence-corrected chi connectivity index (χ1v) is 5.87. The molecule has 2 aromatic rings. The van der Waals surface area contributed by atoms with Crippen molar-refractivity contribution in [3.05, 3.63) is 24.1 Å². The molecule has 0 aliphatic heterocycles. The van der Waals surface area contributed by atoms with Crippen molar-refractivity contribution < 1.29 is 4.52 Å². The smallest absolute Gasteiger partial charge is 0.223 e. The van der Waals surface area contributed by atoms with Gasteiger partial charge in [0.2, 0.25) is 5.89 Å². The SMILES string of the molecule is CCCNc1cncc(NCc2noc(C)n2)n1. The molecule has 2 rings (SSSR count). The molecule has 18 heavy (non-hydrogen) atoms. The van der Waals surface area contributed by atoms with Crippen molar-refractivity contribution >= 4 is 11.6 Å². The van der Waals surface area contributed by atoms with Crippen molar-refractivity contribution in [2.45, 2.75) is 26.8 Å². The van der Waals surface area contributed by atoms with Crippen molar-refractivity contribution in [3.8, 4) is 0 Å². The van der Waals surface area contributed by atoms with Crippen LogP contribution >= 0.6 is 0 Å². The first-order valence-electron chi connectivity index (χ1n) is 5.87. The van der Waals surface area contributed by atoms with E-state index in [-0.39, 0.29) is 0 Å². The number of aryl methyl sites for hydroxylation is 1. The third kappa shape index (κ3) is 3.41. The second kappa shape index (κ2) is 5.95. The minimum Gasteiger partial charge on any atom is -0.369 e. The average Bonchev–Trinajstić information content (AvgIpc) is 2.80. The van der Waals surface area contributed by atoms with Gasteiger partial charge in [0.15, 0.2) is 5.82 Å². The number of hydrogen-bond donors (Lipinski definition) is 2. The lowest BCUT2D eigenvalue weighted by Crippen LogP contribution is -2.07. The molecule has 0 amide bonds. The fraction of sp³-hybridized carbons (Fsp3) is 0.455. The third-order valence-electron chi connectivity index (χ3n) is 2.19. The van der Waals surface area contributed by atoms with Gasteiger partial charge >= 0.3 is 0 Å². The van der Waals surface area contributed by atoms with Crippen LogP contribution in [0.15, 0.2) is 16.9 Å². The predicted molar refractivity (Wildman–Crippen MR) is 67.2 cm³/mol. The Balaban J connectivity index is 1.92. The van der Waals surface area contributed by atoms with E-state index in [4.69, 9.17) is 4.52 Å². The van der Waals surface area contributed by atoms with E-state index in [9.17, 15) is 0 Å². The summed E-state index contributed by atoms with van der Waals surface area (Å²) < 4.78 is 4.88. The summed E-state index contributed by atoms with van der Waals surface area (Å²) in [6.45, 7) is 5.19. The van der Waals surface area contributed by atoms with E-state index in [2.05, 4.69) is 37.7 Å². The van der Waals surface area contributed by atoms with Crippen LogP contribution in [-0.2, 0) is 6.54 Å². The fourth-order valence-corrected chi connectivity index (χ4v) is 1.37. The number of nitrogens with one attached hydrogen (secondary N) is 2. The standard InChI is InChI=1S/C11H16N6O/c1-3-4-13-9-5-12-6-10(16-9)14-7-11-15-8(2)18-17-11/h5-6H,3-4,7H2,1-2H3,(H2,13,14,16). The summed E-state index contributed by atoms with van der Waals surface area (Å²) >= 11 is 0. The second-order valence-corrected chi connectivity index (χ2v) is 3.80. The molecule has 0 spiro atoms. The molecule has 2 aromatic heterocycles. The summed E-state index contributed by atoms with van der Waals surface area (Å²) in [4.78, 5) is 12.6. The van der Waals surface area contributed by atoms with Gasteiger partial charge in [-0.25, -0.2) is 4.98 Å². The summed E-state index contributed by atoms with van der Waals surface area (Å²) in [6, 6.07) is 0. The highest BCUT2D eigenvalue weighted by molar-refractivity contribution is 5.41. The van der Waals surface area contributed by atoms with Crippen LogP contribution in [0.4, 0.5) is 11.6 Å². The van der Waals surface area contributed by atoms with Crippen molar-refractivity contribution in [1.82, 2.24) is 20.1 Å². The maximum atomic E-state index is 4.88. The molecule has 0 saturated heterocycles. The molecule has 0 fully saturated rings. The summed E-state index contributed by atoms with van der Waals surface area (Å²) in [5.74, 6) is 2.59. The molecule has 0 bridgehead atoms. The monoisotopic (exact) mass is 248 g/mol. The van der Waals surface area contributed by atoms with Crippen LogP contribution in [-0.4, -0.2) is 26.7 Å². The van der Waals surface area contributed by atoms with E-state index in [1.165, 1.54) is 0 Å². The van der Waals surface area contributed by atoms with Crippen molar-refractivity contribution in [3.63, 3.8) is 0 Å². The molecule has 0 aliphatic rings. The Morgan fingerprint density at radius 3 is 2.61 bits per heavy atom. The molecule has 7 heteroatoms. The maximum Gasteiger partial charge on any atom is 0.223 e. The molecule has 0 aromatic carbocycles. The maximum absolute atomic E-state index is 4.88. The molecule has 0 radical (unpaired) electrons. The highest BCUT2D eigenvalue weighted by atomic mass is 16.5. The second-order valence-electron chi connectivity index (χ2n) is 3.80. The molecular weight excluding hydrogens is 232 g/mol. The fourth-order valence-electron chi connectivity index (χ4n) is 1.37. The van der Waals surface area contributed by atoms with E-state index < -0.39 is 0 Å². The molecule has 0 atom stereocenters. The highest BCUT2D eigenvalue weighted by Gasteiger charge is 2.03. The minimum atomic E-state index is 0.462. The van der Waals surface area contributed by atoms with Crippen LogP contribution in [0.1, 0.15) is 25.1 Å². The van der Waals surface area contributed by atoms with Crippen LogP contribution in [0.25, 0.3) is 0 Å². The zero-order chi connectivity index (χ0) is 12.8. The lowest BCUT2D eigenvalue weighted by molar-refractivity contribution is 0.388. The Kier molecular flexibility index (Phi) is 4.06. The highest BCUT2D eigenvalue weighted by Crippen LogP contribution is 2.07. The van der Waals surface area contributed by atoms with Crippen molar-refractivity contribution in [1.29, 1.82) is 0 Å². The van der Waals surface area contributed by atoms with E-state index >= 15 is 0 Å². The van der Waals surface area contributed by atoms with Crippen LogP contribution < -0.4 is 10.6 Å². The van der Waals surface area contributed by atoms with E-state index in [1.54, 1.807) is 19.3 Å². The Bertz CT molecular complexity index is 498. The summed E-state index contributed by atoms with van der Waals surface area (Å²) in [7, 11) is 0. The van der Waals surface area contributed by atoms with Crippen LogP contribution in [0.2, 0.25) is 0 Å². The quantitative estimate of drug-likeness (QED) is 0.802. The van der Waals surface area contributed by atoms with Gasteiger partial charge in [0.25, 0.3) is 0 Å². The van der Waals surface area contributed by atoms with Gasteiger partial charge in [-0.1, -0.05) is 12.1 Å². The minimum absolute atomic E-state index is 0.462. The van der Waals surface area contributed by atoms with Gasteiger partial charge in [0.05, 0.1) is 18.9 Å². The van der Waals surface area contributed by atoms with Gasteiger partial charge in [0, 0.05) is 13.5 Å². The number of nitrogens with zero attached hydrogens (tertiary/aromatic N) is 4. The molecule has 96 valence electrons. The van der Waals surface area contributed by atoms with Gasteiger partial charge in [-0.05, 0) is 6.42 Å². The topological polar surface area (TPSA) is 88.8 Å². The van der Waals surface area contributed by atoms with Gasteiger partial charge < -0.3 is 15.2 Å². The summed E-state index contributed by atoms with van der Waals surface area (Å²) in [6.07, 6.45) is 4.39. The van der Waals surface area contributed by atoms with Crippen LogP contribution in [0, 0.1) is 6.92 Å². The number of rotatable bonds is 6. The lowest BCUT2D eigenvalue weighted by atomic mass is 10.5. The third-order valence-corrected chi connectivity index (χ3v) is 2.19. The Hall–Kier alpha value is -2.18. The first kappa shape index (κ1) is 12.3. The molecule has 2 heterocycles. The number of aromatic nitrogens is 4. The molecule has 2 N–H and O–H groups in total. The van der Waals surface area contributed by atoms with Crippen molar-refractivity contribution in [2.75, 3.05) is 17.2 Å². The summed E-state index contributed by atoms with van der Waals surface area (Å²) in [5.41, 5.74) is 0. The lowest BCUT2D eigenvalue weighted by Gasteiger charge is -2.06. The van der Waals surface area contributed by atoms with Gasteiger partial charge in [0.1, 0.15) is 11.6 Å². The predicted octanol–water partition coefficient (Wildman–Crippen LogP) is 1.60. The molecule has 0 aliphatic carbocycles. The van der Waals surface area contributed by atoms with E-state index in [0.29, 0.717) is 24.1 Å². The molecular formula is C11H16N6O. The van der Waals surface area contributed by atoms with E-state index in [1.807, 2.05) is 0 Å². The zero-order valence-corrected chi connectivity index (χ0v) is 10.5. The molecule has 0 unspecified atom stereocenters. The average molecular weight is 248 g/mol. The Morgan fingerprint density at radius 2 is 1.94 bits per heavy atom. The Labute approximate surface area is 105 Å². The molecule has 7 nitrogen and oxygen atoms in total. The van der Waals surface area contributed by atoms with Crippen LogP contribution in [0.3, 0.4) is 0 Å². The normalized spacial score (nSPS) is 10.3. The van der Waals surface area contributed by atoms with E-state index in [0.717, 1.165) is 18.8 Å². The molecule has 0 saturated carbocycles. The largest absolute Gasteiger partial charge is 0.369 e. The van der Waals surface area contributed by atoms with Gasteiger partial charge in [-0.15, -0.1) is 0 Å². The summed E-state index contributed by atoms with van der Waals surface area (Å²) in [5, 5.41) is 10.1. The van der Waals surface area contributed by atoms with Crippen LogP contribution in [0.5, 0.6) is 0 Å². The first-order chi connectivity index (χ1) is 8.78. The van der Waals surface area contributed by atoms with Gasteiger partial charge in [-0.2, -0.15) is 4.98 Å². The Morgan fingerprint density at radius 1 is 1.17 bits per heavy atom.